The van der Waals surface area contributed by atoms with Crippen LogP contribution in [0, 0.1) is 11.3 Å². The Bertz CT molecular complexity index is 729. The van der Waals surface area contributed by atoms with Gasteiger partial charge in [0.2, 0.25) is 0 Å². The van der Waals surface area contributed by atoms with Gasteiger partial charge in [-0.05, 0) is 36.1 Å². The Morgan fingerprint density at radius 3 is 2.17 bits per heavy atom. The zero-order chi connectivity index (χ0) is 22.0. The highest BCUT2D eigenvalue weighted by Crippen LogP contribution is 2.33. The second kappa shape index (κ2) is 11.8. The fraction of sp³-hybridized carbons (Fsp3) is 0.600. The molecule has 1 fully saturated rings. The first-order valence-corrected chi connectivity index (χ1v) is 11.2. The predicted molar refractivity (Wildman–Crippen MR) is 119 cm³/mol. The summed E-state index contributed by atoms with van der Waals surface area (Å²) in [6.07, 6.45) is 10.4. The lowest BCUT2D eigenvalue weighted by atomic mass is 9.72. The number of carbonyl (C=O) groups excluding carboxylic acids is 3. The molecule has 0 heterocycles. The van der Waals surface area contributed by atoms with Gasteiger partial charge in [0, 0.05) is 19.1 Å². The maximum Gasteiger partial charge on any atom is 0.338 e. The first-order valence-electron chi connectivity index (χ1n) is 11.2. The zero-order valence-electron chi connectivity index (χ0n) is 18.6. The van der Waals surface area contributed by atoms with Gasteiger partial charge in [0.05, 0.1) is 17.9 Å². The van der Waals surface area contributed by atoms with Crippen LogP contribution in [0.15, 0.2) is 29.3 Å². The van der Waals surface area contributed by atoms with Crippen molar-refractivity contribution in [3.8, 4) is 0 Å². The summed E-state index contributed by atoms with van der Waals surface area (Å²) in [7, 11) is 0. The van der Waals surface area contributed by atoms with Crippen molar-refractivity contribution < 1.29 is 19.1 Å². The third kappa shape index (κ3) is 7.85. The molecule has 0 aromatic heterocycles. The van der Waals surface area contributed by atoms with E-state index < -0.39 is 5.92 Å². The van der Waals surface area contributed by atoms with Crippen molar-refractivity contribution in [1.29, 1.82) is 0 Å². The third-order valence-corrected chi connectivity index (χ3v) is 5.46. The Morgan fingerprint density at radius 1 is 1.00 bits per heavy atom. The molecule has 2 rings (SSSR count). The molecule has 0 unspecified atom stereocenters. The Kier molecular flexibility index (Phi) is 9.41. The van der Waals surface area contributed by atoms with E-state index in [0.29, 0.717) is 30.7 Å². The van der Waals surface area contributed by atoms with Crippen LogP contribution in [0.25, 0.3) is 0 Å². The van der Waals surface area contributed by atoms with E-state index in [1.807, 2.05) is 13.8 Å². The number of rotatable bonds is 11. The van der Waals surface area contributed by atoms with Crippen LogP contribution in [-0.2, 0) is 14.3 Å². The summed E-state index contributed by atoms with van der Waals surface area (Å²) in [6.45, 7) is 6.51. The number of carbonyl (C=O) groups is 3. The van der Waals surface area contributed by atoms with Crippen LogP contribution < -0.4 is 0 Å². The topological polar surface area (TPSA) is 72.8 Å². The number of aliphatic imine (C=N–C) groups is 1. The van der Waals surface area contributed by atoms with Crippen molar-refractivity contribution in [3.63, 3.8) is 0 Å². The zero-order valence-corrected chi connectivity index (χ0v) is 18.6. The minimum atomic E-state index is -0.760. The van der Waals surface area contributed by atoms with Crippen LogP contribution in [-0.4, -0.2) is 30.4 Å². The Morgan fingerprint density at radius 2 is 1.57 bits per heavy atom. The summed E-state index contributed by atoms with van der Waals surface area (Å²) in [6, 6.07) is 6.71. The molecule has 0 atom stereocenters. The van der Waals surface area contributed by atoms with Crippen molar-refractivity contribution in [2.45, 2.75) is 78.6 Å². The SMILES string of the molecule is CCCCCCCCCOC(=O)c1ccc(N=CC2C(=O)CC(C)(C)CC2=O)cc1. The van der Waals surface area contributed by atoms with Crippen LogP contribution in [0.4, 0.5) is 5.69 Å². The lowest BCUT2D eigenvalue weighted by molar-refractivity contribution is -0.136. The molecule has 0 radical (unpaired) electrons. The highest BCUT2D eigenvalue weighted by Gasteiger charge is 2.38. The van der Waals surface area contributed by atoms with Crippen LogP contribution in [0.2, 0.25) is 0 Å². The number of hydrogen-bond acceptors (Lipinski definition) is 5. The normalized spacial score (nSPS) is 16.9. The Labute approximate surface area is 180 Å². The second-order valence-electron chi connectivity index (χ2n) is 9.01. The van der Waals surface area contributed by atoms with E-state index in [4.69, 9.17) is 4.74 Å². The molecule has 164 valence electrons. The van der Waals surface area contributed by atoms with E-state index in [1.54, 1.807) is 24.3 Å². The number of esters is 1. The summed E-state index contributed by atoms with van der Waals surface area (Å²) >= 11 is 0. The molecule has 0 saturated heterocycles. The van der Waals surface area contributed by atoms with Gasteiger partial charge < -0.3 is 4.74 Å². The molecular formula is C25H35NO4. The summed E-state index contributed by atoms with van der Waals surface area (Å²) in [5.74, 6) is -1.25. The number of hydrogen-bond donors (Lipinski definition) is 0. The third-order valence-electron chi connectivity index (χ3n) is 5.46. The van der Waals surface area contributed by atoms with Crippen molar-refractivity contribution >= 4 is 29.4 Å². The molecular weight excluding hydrogens is 378 g/mol. The Hall–Kier alpha value is -2.30. The summed E-state index contributed by atoms with van der Waals surface area (Å²) in [5, 5.41) is 0. The molecule has 5 heteroatoms. The van der Waals surface area contributed by atoms with Crippen molar-refractivity contribution in [2.24, 2.45) is 16.3 Å². The molecule has 1 aliphatic carbocycles. The quantitative estimate of drug-likeness (QED) is 0.197. The largest absolute Gasteiger partial charge is 0.462 e. The highest BCUT2D eigenvalue weighted by atomic mass is 16.5. The van der Waals surface area contributed by atoms with Crippen molar-refractivity contribution in [1.82, 2.24) is 0 Å². The van der Waals surface area contributed by atoms with Gasteiger partial charge in [0.1, 0.15) is 17.5 Å². The number of nitrogens with zero attached hydrogens (tertiary/aromatic N) is 1. The molecule has 0 aliphatic heterocycles. The van der Waals surface area contributed by atoms with Crippen LogP contribution >= 0.6 is 0 Å². The number of benzene rings is 1. The fourth-order valence-corrected chi connectivity index (χ4v) is 3.72. The monoisotopic (exact) mass is 413 g/mol. The molecule has 0 spiro atoms. The summed E-state index contributed by atoms with van der Waals surface area (Å²) < 4.78 is 5.33. The lowest BCUT2D eigenvalue weighted by Gasteiger charge is -2.30. The number of ether oxygens (including phenoxy) is 1. The maximum absolute atomic E-state index is 12.2. The summed E-state index contributed by atoms with van der Waals surface area (Å²) in [4.78, 5) is 40.9. The van der Waals surface area contributed by atoms with E-state index in [0.717, 1.165) is 12.8 Å². The van der Waals surface area contributed by atoms with Crippen molar-refractivity contribution in [2.75, 3.05) is 6.61 Å². The Balaban J connectivity index is 1.76. The molecule has 5 nitrogen and oxygen atoms in total. The fourth-order valence-electron chi connectivity index (χ4n) is 3.72. The van der Waals surface area contributed by atoms with Gasteiger partial charge in [-0.15, -0.1) is 0 Å². The van der Waals surface area contributed by atoms with Gasteiger partial charge in [0.15, 0.2) is 0 Å². The molecule has 30 heavy (non-hydrogen) atoms. The first kappa shape index (κ1) is 24.0. The van der Waals surface area contributed by atoms with Gasteiger partial charge >= 0.3 is 5.97 Å². The molecule has 1 aromatic rings. The average Bonchev–Trinajstić information content (AvgIpc) is 2.68. The molecule has 1 aromatic carbocycles. The number of ketones is 2. The van der Waals surface area contributed by atoms with Gasteiger partial charge in [-0.3, -0.25) is 14.6 Å². The van der Waals surface area contributed by atoms with E-state index in [-0.39, 0.29) is 23.0 Å². The molecule has 0 amide bonds. The number of Topliss-reactive ketones (excluding diaryl/α,β-unsaturated/α-hetero) is 2. The molecule has 1 saturated carbocycles. The smallest absolute Gasteiger partial charge is 0.338 e. The first-order chi connectivity index (χ1) is 14.3. The van der Waals surface area contributed by atoms with Gasteiger partial charge in [-0.1, -0.05) is 59.3 Å². The van der Waals surface area contributed by atoms with E-state index >= 15 is 0 Å². The molecule has 0 N–H and O–H groups in total. The molecule has 0 bridgehead atoms. The van der Waals surface area contributed by atoms with Crippen molar-refractivity contribution in [3.05, 3.63) is 29.8 Å². The van der Waals surface area contributed by atoms with Crippen LogP contribution in [0.3, 0.4) is 0 Å². The minimum absolute atomic E-state index is 0.0782. The minimum Gasteiger partial charge on any atom is -0.462 e. The van der Waals surface area contributed by atoms with E-state index in [2.05, 4.69) is 11.9 Å². The maximum atomic E-state index is 12.2. The predicted octanol–water partition coefficient (Wildman–Crippen LogP) is 5.87. The lowest BCUT2D eigenvalue weighted by Crippen LogP contribution is -2.38. The average molecular weight is 414 g/mol. The van der Waals surface area contributed by atoms with Crippen LogP contribution in [0.5, 0.6) is 0 Å². The van der Waals surface area contributed by atoms with Gasteiger partial charge in [0.25, 0.3) is 0 Å². The van der Waals surface area contributed by atoms with Crippen LogP contribution in [0.1, 0.15) is 88.9 Å². The summed E-state index contributed by atoms with van der Waals surface area (Å²) in [5.41, 5.74) is 0.808. The second-order valence-corrected chi connectivity index (χ2v) is 9.01. The van der Waals surface area contributed by atoms with Gasteiger partial charge in [-0.25, -0.2) is 4.79 Å². The molecule has 1 aliphatic rings. The van der Waals surface area contributed by atoms with E-state index in [1.165, 1.54) is 38.3 Å². The highest BCUT2D eigenvalue weighted by molar-refractivity contribution is 6.16. The van der Waals surface area contributed by atoms with Gasteiger partial charge in [-0.2, -0.15) is 0 Å². The standard InChI is InChI=1S/C25H35NO4/c1-4-5-6-7-8-9-10-15-30-24(29)19-11-13-20(14-12-19)26-18-21-22(27)16-25(2,3)17-23(21)28/h11-14,18,21H,4-10,15-17H2,1-3H3. The number of unbranched alkanes of at least 4 members (excludes halogenated alkanes) is 6. The van der Waals surface area contributed by atoms with E-state index in [9.17, 15) is 14.4 Å².